The van der Waals surface area contributed by atoms with E-state index in [0.29, 0.717) is 13.0 Å². The first-order valence-corrected chi connectivity index (χ1v) is 13.4. The summed E-state index contributed by atoms with van der Waals surface area (Å²) >= 11 is 0. The Morgan fingerprint density at radius 2 is 1.41 bits per heavy atom. The predicted octanol–water partition coefficient (Wildman–Crippen LogP) is 5.21. The van der Waals surface area contributed by atoms with E-state index < -0.39 is 22.1 Å². The van der Waals surface area contributed by atoms with Gasteiger partial charge in [-0.3, -0.25) is 4.79 Å². The van der Waals surface area contributed by atoms with Gasteiger partial charge in [0.1, 0.15) is 23.3 Å². The van der Waals surface area contributed by atoms with Crippen LogP contribution in [0.15, 0.2) is 114 Å². The van der Waals surface area contributed by atoms with Gasteiger partial charge in [0.05, 0.1) is 0 Å². The molecule has 0 aliphatic rings. The summed E-state index contributed by atoms with van der Waals surface area (Å²) in [5.41, 5.74) is 3.62. The molecule has 0 saturated carbocycles. The molecular weight excluding hydrogens is 486 g/mol. The highest BCUT2D eigenvalue weighted by molar-refractivity contribution is 7.87. The molecule has 0 amide bonds. The van der Waals surface area contributed by atoms with E-state index in [0.717, 1.165) is 22.3 Å². The molecule has 0 bridgehead atoms. The Morgan fingerprint density at radius 3 is 2.08 bits per heavy atom. The number of nitrogens with one attached hydrogen (secondary N) is 1. The summed E-state index contributed by atoms with van der Waals surface area (Å²) in [6.07, 6.45) is 0.294. The van der Waals surface area contributed by atoms with Gasteiger partial charge in [-0.05, 0) is 54.3 Å². The Kier molecular flexibility index (Phi) is 8.72. The van der Waals surface area contributed by atoms with Crippen LogP contribution in [0.5, 0.6) is 5.75 Å². The van der Waals surface area contributed by atoms with Crippen LogP contribution in [0.2, 0.25) is 0 Å². The first kappa shape index (κ1) is 26.1. The number of aryl methyl sites for hydroxylation is 1. The minimum absolute atomic E-state index is 0.0791. The first-order valence-electron chi connectivity index (χ1n) is 12.0. The van der Waals surface area contributed by atoms with Crippen molar-refractivity contribution in [2.75, 3.05) is 0 Å². The van der Waals surface area contributed by atoms with E-state index >= 15 is 0 Å². The summed E-state index contributed by atoms with van der Waals surface area (Å²) in [4.78, 5) is 13.1. The summed E-state index contributed by atoms with van der Waals surface area (Å²) < 4.78 is 36.4. The summed E-state index contributed by atoms with van der Waals surface area (Å²) in [5, 5.41) is 3.29. The second-order valence-electron chi connectivity index (χ2n) is 8.71. The first-order chi connectivity index (χ1) is 17.9. The molecule has 190 valence electrons. The normalized spacial score (nSPS) is 12.0. The molecule has 4 aromatic rings. The Labute approximate surface area is 218 Å². The van der Waals surface area contributed by atoms with Crippen molar-refractivity contribution in [3.05, 3.63) is 131 Å². The Hall–Kier alpha value is -3.94. The molecule has 0 aromatic heterocycles. The zero-order chi connectivity index (χ0) is 26.1. The summed E-state index contributed by atoms with van der Waals surface area (Å²) in [6.45, 7) is 2.53. The molecular formula is C30H29NO5S. The van der Waals surface area contributed by atoms with Gasteiger partial charge in [0.2, 0.25) is 0 Å². The second kappa shape index (κ2) is 12.3. The van der Waals surface area contributed by atoms with Crippen LogP contribution >= 0.6 is 0 Å². The maximum atomic E-state index is 13.1. The third-order valence-electron chi connectivity index (χ3n) is 5.76. The van der Waals surface area contributed by atoms with Crippen molar-refractivity contribution in [3.8, 4) is 5.75 Å². The van der Waals surface area contributed by atoms with Crippen LogP contribution in [0.25, 0.3) is 0 Å². The zero-order valence-electron chi connectivity index (χ0n) is 20.5. The van der Waals surface area contributed by atoms with Gasteiger partial charge < -0.3 is 14.2 Å². The van der Waals surface area contributed by atoms with Crippen molar-refractivity contribution in [2.45, 2.75) is 37.4 Å². The van der Waals surface area contributed by atoms with Gasteiger partial charge >= 0.3 is 16.1 Å². The smallest absolute Gasteiger partial charge is 0.339 e. The minimum Gasteiger partial charge on any atom is -0.460 e. The average Bonchev–Trinajstić information content (AvgIpc) is 2.91. The van der Waals surface area contributed by atoms with Crippen LogP contribution < -0.4 is 9.50 Å². The highest BCUT2D eigenvalue weighted by Crippen LogP contribution is 2.21. The summed E-state index contributed by atoms with van der Waals surface area (Å²) in [5.74, 6) is -0.212. The number of hydrogen-bond donors (Lipinski definition) is 1. The standard InChI is InChI=1S/C30H29NO5S/c1-23-15-17-28(18-16-23)37(33,34)36-27-14-8-13-26(19-27)20-29(31-21-24-9-4-2-5-10-24)30(32)35-22-25-11-6-3-7-12-25/h2-19,29,31H,20-22H2,1H3/t29-/m0/s1. The number of carbonyl (C=O) groups excluding carboxylic acids is 1. The lowest BCUT2D eigenvalue weighted by molar-refractivity contribution is -0.147. The quantitative estimate of drug-likeness (QED) is 0.218. The number of rotatable bonds is 11. The van der Waals surface area contributed by atoms with Gasteiger partial charge in [0.25, 0.3) is 0 Å². The molecule has 4 aromatic carbocycles. The summed E-state index contributed by atoms with van der Waals surface area (Å²) in [6, 6.07) is 31.8. The molecule has 0 saturated heterocycles. The van der Waals surface area contributed by atoms with E-state index in [1.165, 1.54) is 12.1 Å². The van der Waals surface area contributed by atoms with Crippen molar-refractivity contribution in [3.63, 3.8) is 0 Å². The molecule has 7 heteroatoms. The lowest BCUT2D eigenvalue weighted by atomic mass is 10.1. The lowest BCUT2D eigenvalue weighted by Crippen LogP contribution is -2.39. The molecule has 0 heterocycles. The third kappa shape index (κ3) is 7.77. The molecule has 1 atom stereocenters. The predicted molar refractivity (Wildman–Crippen MR) is 142 cm³/mol. The van der Waals surface area contributed by atoms with E-state index in [-0.39, 0.29) is 17.3 Å². The summed E-state index contributed by atoms with van der Waals surface area (Å²) in [7, 11) is -3.98. The van der Waals surface area contributed by atoms with E-state index in [1.54, 1.807) is 30.3 Å². The fraction of sp³-hybridized carbons (Fsp3) is 0.167. The molecule has 0 aliphatic carbocycles. The highest BCUT2D eigenvalue weighted by Gasteiger charge is 2.22. The molecule has 0 aliphatic heterocycles. The van der Waals surface area contributed by atoms with E-state index in [1.807, 2.05) is 73.7 Å². The van der Waals surface area contributed by atoms with Gasteiger partial charge in [-0.25, -0.2) is 0 Å². The van der Waals surface area contributed by atoms with Crippen molar-refractivity contribution in [2.24, 2.45) is 0 Å². The van der Waals surface area contributed by atoms with Crippen LogP contribution in [0.3, 0.4) is 0 Å². The average molecular weight is 516 g/mol. The maximum Gasteiger partial charge on any atom is 0.339 e. The Morgan fingerprint density at radius 1 is 0.784 bits per heavy atom. The molecule has 6 nitrogen and oxygen atoms in total. The van der Waals surface area contributed by atoms with Crippen LogP contribution in [-0.4, -0.2) is 20.4 Å². The van der Waals surface area contributed by atoms with Gasteiger partial charge in [-0.15, -0.1) is 0 Å². The number of hydrogen-bond acceptors (Lipinski definition) is 6. The fourth-order valence-electron chi connectivity index (χ4n) is 3.74. The molecule has 4 rings (SSSR count). The van der Waals surface area contributed by atoms with E-state index in [4.69, 9.17) is 8.92 Å². The SMILES string of the molecule is Cc1ccc(S(=O)(=O)Oc2cccc(C[C@H](NCc3ccccc3)C(=O)OCc3ccccc3)c2)cc1. The van der Waals surface area contributed by atoms with Crippen LogP contribution in [0.4, 0.5) is 0 Å². The minimum atomic E-state index is -3.98. The van der Waals surface area contributed by atoms with Crippen molar-refractivity contribution < 1.29 is 22.1 Å². The van der Waals surface area contributed by atoms with Crippen LogP contribution in [0.1, 0.15) is 22.3 Å². The second-order valence-corrected chi connectivity index (χ2v) is 10.3. The topological polar surface area (TPSA) is 81.7 Å². The Balaban J connectivity index is 1.48. The van der Waals surface area contributed by atoms with Crippen LogP contribution in [-0.2, 0) is 39.2 Å². The number of carbonyl (C=O) groups is 1. The number of benzene rings is 4. The van der Waals surface area contributed by atoms with Crippen molar-refractivity contribution >= 4 is 16.1 Å². The zero-order valence-corrected chi connectivity index (χ0v) is 21.4. The molecule has 37 heavy (non-hydrogen) atoms. The largest absolute Gasteiger partial charge is 0.460 e. The van der Waals surface area contributed by atoms with Gasteiger partial charge in [0.15, 0.2) is 0 Å². The van der Waals surface area contributed by atoms with Crippen LogP contribution in [0, 0.1) is 6.92 Å². The lowest BCUT2D eigenvalue weighted by Gasteiger charge is -2.18. The number of esters is 1. The fourth-order valence-corrected chi connectivity index (χ4v) is 4.67. The van der Waals surface area contributed by atoms with Gasteiger partial charge in [-0.2, -0.15) is 8.42 Å². The molecule has 0 spiro atoms. The van der Waals surface area contributed by atoms with E-state index in [2.05, 4.69) is 5.32 Å². The van der Waals surface area contributed by atoms with Gasteiger partial charge in [-0.1, -0.05) is 90.5 Å². The van der Waals surface area contributed by atoms with Crippen molar-refractivity contribution in [1.29, 1.82) is 0 Å². The molecule has 0 unspecified atom stereocenters. The molecule has 0 fully saturated rings. The highest BCUT2D eigenvalue weighted by atomic mass is 32.2. The van der Waals surface area contributed by atoms with E-state index in [9.17, 15) is 13.2 Å². The molecule has 0 radical (unpaired) electrons. The monoisotopic (exact) mass is 515 g/mol. The number of ether oxygens (including phenoxy) is 1. The Bertz CT molecular complexity index is 1410. The van der Waals surface area contributed by atoms with Gasteiger partial charge in [0, 0.05) is 6.54 Å². The van der Waals surface area contributed by atoms with Crippen molar-refractivity contribution in [1.82, 2.24) is 5.32 Å². The maximum absolute atomic E-state index is 13.1. The third-order valence-corrected chi connectivity index (χ3v) is 7.02. The molecule has 1 N–H and O–H groups in total.